The van der Waals surface area contributed by atoms with E-state index in [-0.39, 0.29) is 5.41 Å². The average molecular weight is 1060 g/mol. The fraction of sp³-hybridized carbons (Fsp3) is 0.0380. The van der Waals surface area contributed by atoms with Gasteiger partial charge in [0.2, 0.25) is 0 Å². The minimum absolute atomic E-state index is 0.289. The SMILES string of the molecule is CC1(C)c2cc(-c3ccc4c5ccccc5n(-c5ccccc5)c4c3)ccc2-c2ccc(N(c3ccc(-c4ccc(-n5c6ccccc6c6ccccc65)cc4)cc3)c3ccc(-n4c5ccccc5c5ccccc54)c4ccccc34)cc21. The standard InChI is InChI=1S/C79H54N4/c1-79(2)69-48-53(54-37-44-68-67-26-10-15-29-73(67)82(78(68)49-54)55-18-4-3-5-19-55)36-43-59(69)60-45-42-58(50-70(60)79)80(76-46-47-77(66-21-7-6-20-65(66)76)83-74-30-16-11-24-63(74)64-25-12-17-31-75(64)83)56-38-32-51(33-39-56)52-34-40-57(41-35-52)81-71-27-13-8-22-61(71)62-23-9-14-28-72(62)81/h3-50H,1-2H3. The molecule has 16 aromatic rings. The van der Waals surface area contributed by atoms with Crippen molar-refractivity contribution >= 4 is 93.3 Å². The van der Waals surface area contributed by atoms with Crippen LogP contribution in [0.2, 0.25) is 0 Å². The Bertz CT molecular complexity index is 5180. The van der Waals surface area contributed by atoms with Crippen LogP contribution in [0, 0.1) is 0 Å². The summed E-state index contributed by atoms with van der Waals surface area (Å²) in [6.07, 6.45) is 0. The van der Waals surface area contributed by atoms with Crippen molar-refractivity contribution in [1.82, 2.24) is 13.7 Å². The molecule has 3 heterocycles. The summed E-state index contributed by atoms with van der Waals surface area (Å²) in [6, 6.07) is 108. The zero-order chi connectivity index (χ0) is 54.9. The van der Waals surface area contributed by atoms with Crippen LogP contribution < -0.4 is 4.90 Å². The Morgan fingerprint density at radius 1 is 0.265 bits per heavy atom. The van der Waals surface area contributed by atoms with Crippen LogP contribution in [0.1, 0.15) is 25.0 Å². The highest BCUT2D eigenvalue weighted by Gasteiger charge is 2.37. The molecule has 17 rings (SSSR count). The van der Waals surface area contributed by atoms with E-state index >= 15 is 0 Å². The highest BCUT2D eigenvalue weighted by molar-refractivity contribution is 6.13. The second kappa shape index (κ2) is 18.2. The molecule has 1 aliphatic carbocycles. The van der Waals surface area contributed by atoms with Gasteiger partial charge in [-0.3, -0.25) is 0 Å². The highest BCUT2D eigenvalue weighted by Crippen LogP contribution is 2.53. The van der Waals surface area contributed by atoms with Crippen LogP contribution in [-0.4, -0.2) is 13.7 Å². The third kappa shape index (κ3) is 7.12. The number of hydrogen-bond donors (Lipinski definition) is 0. The topological polar surface area (TPSA) is 18.0 Å². The second-order valence-electron chi connectivity index (χ2n) is 22.9. The molecular formula is C79H54N4. The monoisotopic (exact) mass is 1060 g/mol. The minimum Gasteiger partial charge on any atom is -0.310 e. The van der Waals surface area contributed by atoms with Crippen molar-refractivity contribution < 1.29 is 0 Å². The molecule has 0 spiro atoms. The van der Waals surface area contributed by atoms with Crippen LogP contribution in [0.25, 0.3) is 127 Å². The van der Waals surface area contributed by atoms with Crippen LogP contribution in [0.5, 0.6) is 0 Å². The van der Waals surface area contributed by atoms with E-state index in [2.05, 4.69) is 324 Å². The van der Waals surface area contributed by atoms with Gasteiger partial charge in [0.1, 0.15) is 0 Å². The van der Waals surface area contributed by atoms with Crippen molar-refractivity contribution in [3.63, 3.8) is 0 Å². The van der Waals surface area contributed by atoms with Gasteiger partial charge in [-0.2, -0.15) is 0 Å². The zero-order valence-electron chi connectivity index (χ0n) is 46.0. The lowest BCUT2D eigenvalue weighted by Gasteiger charge is -2.30. The Morgan fingerprint density at radius 3 is 1.24 bits per heavy atom. The summed E-state index contributed by atoms with van der Waals surface area (Å²) in [5, 5.41) is 9.91. The maximum Gasteiger partial charge on any atom is 0.0547 e. The Balaban J connectivity index is 0.787. The van der Waals surface area contributed by atoms with Gasteiger partial charge in [-0.25, -0.2) is 0 Å². The van der Waals surface area contributed by atoms with Crippen LogP contribution in [0.4, 0.5) is 17.1 Å². The molecule has 4 nitrogen and oxygen atoms in total. The molecule has 0 amide bonds. The summed E-state index contributed by atoms with van der Waals surface area (Å²) >= 11 is 0. The summed E-state index contributed by atoms with van der Waals surface area (Å²) in [5.74, 6) is 0. The third-order valence-corrected chi connectivity index (χ3v) is 18.0. The first-order chi connectivity index (χ1) is 40.9. The number of benzene rings is 13. The first-order valence-electron chi connectivity index (χ1n) is 28.8. The summed E-state index contributed by atoms with van der Waals surface area (Å²) in [4.78, 5) is 2.49. The Kier molecular flexibility index (Phi) is 10.3. The summed E-state index contributed by atoms with van der Waals surface area (Å²) < 4.78 is 7.25. The molecule has 0 atom stereocenters. The number of nitrogens with zero attached hydrogens (tertiary/aromatic N) is 4. The summed E-state index contributed by atoms with van der Waals surface area (Å²) in [7, 11) is 0. The van der Waals surface area contributed by atoms with Crippen LogP contribution in [0.15, 0.2) is 291 Å². The molecule has 0 saturated heterocycles. The maximum absolute atomic E-state index is 2.49. The fourth-order valence-corrected chi connectivity index (χ4v) is 14.1. The molecule has 0 fully saturated rings. The van der Waals surface area contributed by atoms with Crippen molar-refractivity contribution in [3.05, 3.63) is 302 Å². The summed E-state index contributed by atoms with van der Waals surface area (Å²) in [5.41, 5.74) is 23.7. The van der Waals surface area contributed by atoms with Gasteiger partial charge in [0, 0.05) is 71.3 Å². The largest absolute Gasteiger partial charge is 0.310 e. The average Bonchev–Trinajstić information content (AvgIpc) is 4.32. The van der Waals surface area contributed by atoms with Crippen molar-refractivity contribution in [1.29, 1.82) is 0 Å². The first-order valence-corrected chi connectivity index (χ1v) is 28.8. The predicted molar refractivity (Wildman–Crippen MR) is 350 cm³/mol. The van der Waals surface area contributed by atoms with E-state index < -0.39 is 0 Å². The van der Waals surface area contributed by atoms with Crippen LogP contribution in [-0.2, 0) is 5.41 Å². The number of anilines is 3. The molecule has 0 radical (unpaired) electrons. The van der Waals surface area contributed by atoms with Crippen molar-refractivity contribution in [2.24, 2.45) is 0 Å². The van der Waals surface area contributed by atoms with E-state index in [9.17, 15) is 0 Å². The Morgan fingerprint density at radius 2 is 0.663 bits per heavy atom. The number of para-hydroxylation sites is 6. The molecule has 0 N–H and O–H groups in total. The van der Waals surface area contributed by atoms with E-state index in [0.29, 0.717) is 0 Å². The second-order valence-corrected chi connectivity index (χ2v) is 22.9. The molecule has 0 saturated carbocycles. The van der Waals surface area contributed by atoms with Crippen molar-refractivity contribution in [2.75, 3.05) is 4.90 Å². The van der Waals surface area contributed by atoms with E-state index in [4.69, 9.17) is 0 Å². The van der Waals surface area contributed by atoms with Crippen LogP contribution in [0.3, 0.4) is 0 Å². The molecule has 13 aromatic carbocycles. The minimum atomic E-state index is -0.289. The van der Waals surface area contributed by atoms with Crippen LogP contribution >= 0.6 is 0 Å². The molecule has 0 unspecified atom stereocenters. The van der Waals surface area contributed by atoms with Gasteiger partial charge in [-0.05, 0) is 148 Å². The van der Waals surface area contributed by atoms with Gasteiger partial charge in [0.05, 0.1) is 44.5 Å². The highest BCUT2D eigenvalue weighted by atomic mass is 15.1. The number of fused-ring (bicyclic) bond motifs is 13. The van der Waals surface area contributed by atoms with E-state index in [0.717, 1.165) is 39.7 Å². The van der Waals surface area contributed by atoms with Gasteiger partial charge >= 0.3 is 0 Å². The Hall–Kier alpha value is -10.7. The fourth-order valence-electron chi connectivity index (χ4n) is 14.1. The van der Waals surface area contributed by atoms with E-state index in [1.54, 1.807) is 0 Å². The first kappa shape index (κ1) is 47.2. The number of rotatable bonds is 8. The normalized spacial score (nSPS) is 12.8. The lowest BCUT2D eigenvalue weighted by atomic mass is 9.81. The molecule has 0 bridgehead atoms. The third-order valence-electron chi connectivity index (χ3n) is 18.0. The smallest absolute Gasteiger partial charge is 0.0547 e. The van der Waals surface area contributed by atoms with Gasteiger partial charge in [0.15, 0.2) is 0 Å². The summed E-state index contributed by atoms with van der Waals surface area (Å²) in [6.45, 7) is 4.81. The molecule has 0 aliphatic heterocycles. The van der Waals surface area contributed by atoms with Crippen molar-refractivity contribution in [2.45, 2.75) is 19.3 Å². The molecule has 1 aliphatic rings. The maximum atomic E-state index is 2.49. The predicted octanol–water partition coefficient (Wildman–Crippen LogP) is 21.2. The number of aromatic nitrogens is 3. The van der Waals surface area contributed by atoms with Gasteiger partial charge in [0.25, 0.3) is 0 Å². The molecule has 3 aromatic heterocycles. The quantitative estimate of drug-likeness (QED) is 0.148. The lowest BCUT2D eigenvalue weighted by Crippen LogP contribution is -2.17. The Labute approximate surface area is 481 Å². The van der Waals surface area contributed by atoms with Gasteiger partial charge in [-0.15, -0.1) is 0 Å². The van der Waals surface area contributed by atoms with E-state index in [1.807, 2.05) is 0 Å². The molecule has 390 valence electrons. The number of hydrogen-bond acceptors (Lipinski definition) is 1. The molecular weight excluding hydrogens is 1000 g/mol. The zero-order valence-corrected chi connectivity index (χ0v) is 46.0. The molecule has 4 heteroatoms. The molecule has 83 heavy (non-hydrogen) atoms. The van der Waals surface area contributed by atoms with Crippen molar-refractivity contribution in [3.8, 4) is 50.4 Å². The van der Waals surface area contributed by atoms with Gasteiger partial charge < -0.3 is 18.6 Å². The lowest BCUT2D eigenvalue weighted by molar-refractivity contribution is 0.660. The van der Waals surface area contributed by atoms with Gasteiger partial charge in [-0.1, -0.05) is 202 Å². The van der Waals surface area contributed by atoms with E-state index in [1.165, 1.54) is 115 Å².